The van der Waals surface area contributed by atoms with E-state index >= 15 is 0 Å². The Bertz CT molecular complexity index is 953. The van der Waals surface area contributed by atoms with Gasteiger partial charge in [-0.15, -0.1) is 0 Å². The van der Waals surface area contributed by atoms with Gasteiger partial charge in [-0.3, -0.25) is 14.6 Å². The number of para-hydroxylation sites is 1. The van der Waals surface area contributed by atoms with Crippen LogP contribution in [0, 0.1) is 0 Å². The Morgan fingerprint density at radius 2 is 1.46 bits per heavy atom. The molecule has 0 unspecified atom stereocenters. The van der Waals surface area contributed by atoms with E-state index in [9.17, 15) is 9.59 Å². The van der Waals surface area contributed by atoms with E-state index < -0.39 is 11.8 Å². The van der Waals surface area contributed by atoms with Crippen LogP contribution in [0.5, 0.6) is 0 Å². The molecule has 2 heterocycles. The molecule has 0 fully saturated rings. The lowest BCUT2D eigenvalue weighted by atomic mass is 10.0. The van der Waals surface area contributed by atoms with Crippen molar-refractivity contribution >= 4 is 23.2 Å². The van der Waals surface area contributed by atoms with Crippen LogP contribution in [0.1, 0.15) is 20.7 Å². The van der Waals surface area contributed by atoms with Gasteiger partial charge in [-0.25, -0.2) is 4.90 Å². The van der Waals surface area contributed by atoms with Crippen molar-refractivity contribution in [3.8, 4) is 11.3 Å². The van der Waals surface area contributed by atoms with Gasteiger partial charge in [0.25, 0.3) is 11.8 Å². The molecule has 0 saturated heterocycles. The zero-order valence-electron chi connectivity index (χ0n) is 12.6. The minimum absolute atomic E-state index is 0.220. The summed E-state index contributed by atoms with van der Waals surface area (Å²) in [4.78, 5) is 30.9. The molecule has 4 rings (SSSR count). The van der Waals surface area contributed by atoms with Crippen LogP contribution in [0.2, 0.25) is 0 Å². The van der Waals surface area contributed by atoms with Gasteiger partial charge in [-0.05, 0) is 12.1 Å². The highest BCUT2D eigenvalue weighted by molar-refractivity contribution is 6.36. The lowest BCUT2D eigenvalue weighted by Gasteiger charge is -2.13. The first-order valence-corrected chi connectivity index (χ1v) is 7.46. The molecule has 0 aliphatic carbocycles. The van der Waals surface area contributed by atoms with E-state index in [0.29, 0.717) is 11.4 Å². The van der Waals surface area contributed by atoms with E-state index in [0.717, 1.165) is 10.5 Å². The Hall–Kier alpha value is -3.47. The lowest BCUT2D eigenvalue weighted by Crippen LogP contribution is -2.29. The molecule has 3 aromatic rings. The largest absolute Gasteiger partial charge is 0.396 e. The topological polar surface area (TPSA) is 76.3 Å². The molecule has 0 bridgehead atoms. The molecule has 5 nitrogen and oxygen atoms in total. The minimum atomic E-state index is -0.418. The molecule has 116 valence electrons. The Kier molecular flexibility index (Phi) is 3.13. The van der Waals surface area contributed by atoms with Gasteiger partial charge in [0, 0.05) is 11.8 Å². The summed E-state index contributed by atoms with van der Waals surface area (Å²) in [7, 11) is 0. The number of hydrogen-bond donors (Lipinski definition) is 1. The van der Waals surface area contributed by atoms with E-state index in [1.54, 1.807) is 24.3 Å². The number of pyridine rings is 1. The summed E-state index contributed by atoms with van der Waals surface area (Å²) in [5, 5.41) is 0. The first-order chi connectivity index (χ1) is 11.7. The summed E-state index contributed by atoms with van der Waals surface area (Å²) < 4.78 is 0. The van der Waals surface area contributed by atoms with Gasteiger partial charge in [-0.1, -0.05) is 48.5 Å². The average molecular weight is 315 g/mol. The number of carbonyl (C=O) groups excluding carboxylic acids is 2. The second-order valence-corrected chi connectivity index (χ2v) is 5.46. The SMILES string of the molecule is Nc1c(-c2ccccc2)ncc2c1C(=O)N(c1ccccc1)C2=O. The fourth-order valence-corrected chi connectivity index (χ4v) is 2.88. The second-order valence-electron chi connectivity index (χ2n) is 5.46. The normalized spacial score (nSPS) is 13.2. The number of imide groups is 1. The van der Waals surface area contributed by atoms with Gasteiger partial charge in [0.2, 0.25) is 0 Å². The van der Waals surface area contributed by atoms with E-state index in [-0.39, 0.29) is 16.8 Å². The zero-order valence-corrected chi connectivity index (χ0v) is 12.6. The predicted octanol–water partition coefficient (Wildman–Crippen LogP) is 3.13. The van der Waals surface area contributed by atoms with Crippen molar-refractivity contribution in [2.24, 2.45) is 0 Å². The number of aromatic nitrogens is 1. The van der Waals surface area contributed by atoms with Gasteiger partial charge >= 0.3 is 0 Å². The summed E-state index contributed by atoms with van der Waals surface area (Å²) >= 11 is 0. The van der Waals surface area contributed by atoms with Crippen molar-refractivity contribution < 1.29 is 9.59 Å². The summed E-state index contributed by atoms with van der Waals surface area (Å²) in [5.41, 5.74) is 8.71. The van der Waals surface area contributed by atoms with Gasteiger partial charge in [-0.2, -0.15) is 0 Å². The highest BCUT2D eigenvalue weighted by atomic mass is 16.2. The number of fused-ring (bicyclic) bond motifs is 1. The van der Waals surface area contributed by atoms with Crippen LogP contribution in [0.15, 0.2) is 66.9 Å². The van der Waals surface area contributed by atoms with Crippen LogP contribution in [-0.4, -0.2) is 16.8 Å². The summed E-state index contributed by atoms with van der Waals surface area (Å²) in [6.45, 7) is 0. The van der Waals surface area contributed by atoms with Crippen LogP contribution in [0.4, 0.5) is 11.4 Å². The Balaban J connectivity index is 1.86. The molecule has 2 amide bonds. The molecule has 2 N–H and O–H groups in total. The minimum Gasteiger partial charge on any atom is -0.396 e. The molecule has 1 aliphatic heterocycles. The Labute approximate surface area is 138 Å². The molecular weight excluding hydrogens is 302 g/mol. The van der Waals surface area contributed by atoms with Crippen LogP contribution >= 0.6 is 0 Å². The number of nitrogens with zero attached hydrogens (tertiary/aromatic N) is 2. The predicted molar refractivity (Wildman–Crippen MR) is 91.7 cm³/mol. The molecule has 1 aliphatic rings. The maximum atomic E-state index is 12.8. The van der Waals surface area contributed by atoms with Gasteiger partial charge in [0.15, 0.2) is 0 Å². The van der Waals surface area contributed by atoms with E-state index in [1.807, 2.05) is 36.4 Å². The number of carbonyl (C=O) groups is 2. The summed E-state index contributed by atoms with van der Waals surface area (Å²) in [6.07, 6.45) is 1.43. The molecule has 0 saturated carbocycles. The highest BCUT2D eigenvalue weighted by Gasteiger charge is 2.39. The van der Waals surface area contributed by atoms with Gasteiger partial charge in [0.1, 0.15) is 0 Å². The standard InChI is InChI=1S/C19H13N3O2/c20-16-15-14(11-21-17(16)12-7-3-1-4-8-12)18(23)22(19(15)24)13-9-5-2-6-10-13/h1-11H,20H2. The number of anilines is 2. The first kappa shape index (κ1) is 14.1. The van der Waals surface area contributed by atoms with E-state index in [4.69, 9.17) is 5.73 Å². The van der Waals surface area contributed by atoms with Crippen molar-refractivity contribution in [3.63, 3.8) is 0 Å². The molecule has 2 aromatic carbocycles. The third-order valence-corrected chi connectivity index (χ3v) is 4.03. The second kappa shape index (κ2) is 5.31. The molecule has 24 heavy (non-hydrogen) atoms. The molecule has 0 atom stereocenters. The van der Waals surface area contributed by atoms with Crippen molar-refractivity contribution in [3.05, 3.63) is 78.0 Å². The molecule has 0 radical (unpaired) electrons. The van der Waals surface area contributed by atoms with Crippen LogP contribution in [0.25, 0.3) is 11.3 Å². The van der Waals surface area contributed by atoms with Gasteiger partial charge in [0.05, 0.1) is 28.2 Å². The molecule has 0 spiro atoms. The Morgan fingerprint density at radius 3 is 2.12 bits per heavy atom. The number of benzene rings is 2. The monoisotopic (exact) mass is 315 g/mol. The molecule has 5 heteroatoms. The maximum Gasteiger partial charge on any atom is 0.268 e. The van der Waals surface area contributed by atoms with E-state index in [2.05, 4.69) is 4.98 Å². The smallest absolute Gasteiger partial charge is 0.268 e. The van der Waals surface area contributed by atoms with Gasteiger partial charge < -0.3 is 5.73 Å². The van der Waals surface area contributed by atoms with Crippen molar-refractivity contribution in [2.75, 3.05) is 10.6 Å². The lowest BCUT2D eigenvalue weighted by molar-refractivity contribution is 0.0926. The summed E-state index contributed by atoms with van der Waals surface area (Å²) in [6, 6.07) is 18.1. The third kappa shape index (κ3) is 1.99. The molecular formula is C19H13N3O2. The Morgan fingerprint density at radius 1 is 0.833 bits per heavy atom. The fraction of sp³-hybridized carbons (Fsp3) is 0. The quantitative estimate of drug-likeness (QED) is 0.737. The zero-order chi connectivity index (χ0) is 16.7. The number of rotatable bonds is 2. The van der Waals surface area contributed by atoms with Crippen LogP contribution in [-0.2, 0) is 0 Å². The maximum absolute atomic E-state index is 12.8. The van der Waals surface area contributed by atoms with Crippen molar-refractivity contribution in [1.82, 2.24) is 4.98 Å². The number of nitrogens with two attached hydrogens (primary N) is 1. The van der Waals surface area contributed by atoms with Crippen molar-refractivity contribution in [1.29, 1.82) is 0 Å². The number of nitrogen functional groups attached to an aromatic ring is 1. The number of amides is 2. The first-order valence-electron chi connectivity index (χ1n) is 7.46. The van der Waals surface area contributed by atoms with E-state index in [1.165, 1.54) is 6.20 Å². The van der Waals surface area contributed by atoms with Crippen LogP contribution < -0.4 is 10.6 Å². The van der Waals surface area contributed by atoms with Crippen LogP contribution in [0.3, 0.4) is 0 Å². The average Bonchev–Trinajstić information content (AvgIpc) is 2.88. The summed E-state index contributed by atoms with van der Waals surface area (Å²) in [5.74, 6) is -0.821. The third-order valence-electron chi connectivity index (χ3n) is 4.03. The highest BCUT2D eigenvalue weighted by Crippen LogP contribution is 2.35. The fourth-order valence-electron chi connectivity index (χ4n) is 2.88. The molecule has 1 aromatic heterocycles. The van der Waals surface area contributed by atoms with Crippen molar-refractivity contribution in [2.45, 2.75) is 0 Å². The number of hydrogen-bond acceptors (Lipinski definition) is 4.